The Morgan fingerprint density at radius 1 is 1.03 bits per heavy atom. The van der Waals surface area contributed by atoms with E-state index in [0.29, 0.717) is 25.4 Å². The van der Waals surface area contributed by atoms with Gasteiger partial charge in [-0.3, -0.25) is 9.59 Å². The number of para-hydroxylation sites is 1. The molecule has 2 aliphatic heterocycles. The highest BCUT2D eigenvalue weighted by atomic mass is 16.5. The summed E-state index contributed by atoms with van der Waals surface area (Å²) in [5.41, 5.74) is 3.00. The van der Waals surface area contributed by atoms with E-state index in [1.165, 1.54) is 5.69 Å². The summed E-state index contributed by atoms with van der Waals surface area (Å²) >= 11 is 0. The molecule has 0 N–H and O–H groups in total. The fourth-order valence-electron chi connectivity index (χ4n) is 4.20. The Kier molecular flexibility index (Phi) is 5.43. The van der Waals surface area contributed by atoms with Crippen LogP contribution in [0.2, 0.25) is 0 Å². The van der Waals surface area contributed by atoms with Crippen molar-refractivity contribution in [1.82, 2.24) is 4.90 Å². The van der Waals surface area contributed by atoms with Crippen molar-refractivity contribution in [2.45, 2.75) is 13.3 Å². The lowest BCUT2D eigenvalue weighted by Crippen LogP contribution is -2.50. The zero-order chi connectivity index (χ0) is 20.4. The molecule has 2 saturated heterocycles. The summed E-state index contributed by atoms with van der Waals surface area (Å²) < 4.78 is 5.43. The second-order valence-corrected chi connectivity index (χ2v) is 7.73. The van der Waals surface area contributed by atoms with Gasteiger partial charge in [0.1, 0.15) is 5.75 Å². The Hall–Kier alpha value is -3.02. The van der Waals surface area contributed by atoms with Gasteiger partial charge in [-0.05, 0) is 36.8 Å². The Bertz CT molecular complexity index is 891. The highest BCUT2D eigenvalue weighted by Crippen LogP contribution is 2.34. The highest BCUT2D eigenvalue weighted by Gasteiger charge is 2.38. The van der Waals surface area contributed by atoms with Crippen molar-refractivity contribution in [3.05, 3.63) is 54.1 Å². The van der Waals surface area contributed by atoms with Gasteiger partial charge in [0.05, 0.1) is 18.7 Å². The third-order valence-corrected chi connectivity index (χ3v) is 5.81. The topological polar surface area (TPSA) is 53.1 Å². The molecule has 1 unspecified atom stereocenters. The SMILES string of the molecule is COc1ccc(C)cc1N1CC(C(=O)N2CCN(c3ccccc3)CC2)CC1=O. The maximum absolute atomic E-state index is 13.1. The number of aryl methyl sites for hydroxylation is 1. The van der Waals surface area contributed by atoms with Gasteiger partial charge in [-0.25, -0.2) is 0 Å². The molecule has 2 aromatic carbocycles. The van der Waals surface area contributed by atoms with Gasteiger partial charge in [-0.15, -0.1) is 0 Å². The van der Waals surface area contributed by atoms with E-state index >= 15 is 0 Å². The van der Waals surface area contributed by atoms with E-state index in [1.807, 2.05) is 48.2 Å². The van der Waals surface area contributed by atoms with Crippen molar-refractivity contribution in [3.63, 3.8) is 0 Å². The number of carbonyl (C=O) groups excluding carboxylic acids is 2. The van der Waals surface area contributed by atoms with Gasteiger partial charge in [-0.2, -0.15) is 0 Å². The molecule has 0 spiro atoms. The first-order chi connectivity index (χ1) is 14.1. The number of amides is 2. The third kappa shape index (κ3) is 3.92. The van der Waals surface area contributed by atoms with Crippen LogP contribution in [-0.4, -0.2) is 56.5 Å². The van der Waals surface area contributed by atoms with Gasteiger partial charge in [0.25, 0.3) is 0 Å². The minimum Gasteiger partial charge on any atom is -0.495 e. The minimum atomic E-state index is -0.295. The Morgan fingerprint density at radius 3 is 2.45 bits per heavy atom. The summed E-state index contributed by atoms with van der Waals surface area (Å²) in [7, 11) is 1.60. The summed E-state index contributed by atoms with van der Waals surface area (Å²) in [5, 5.41) is 0. The second kappa shape index (κ2) is 8.15. The Morgan fingerprint density at radius 2 is 1.76 bits per heavy atom. The molecule has 152 valence electrons. The number of piperazine rings is 1. The molecule has 6 nitrogen and oxygen atoms in total. The molecule has 1 atom stereocenters. The molecule has 29 heavy (non-hydrogen) atoms. The summed E-state index contributed by atoms with van der Waals surface area (Å²) in [6, 6.07) is 16.0. The van der Waals surface area contributed by atoms with E-state index in [-0.39, 0.29) is 24.2 Å². The second-order valence-electron chi connectivity index (χ2n) is 7.73. The Labute approximate surface area is 171 Å². The minimum absolute atomic E-state index is 0.0184. The number of hydrogen-bond acceptors (Lipinski definition) is 4. The van der Waals surface area contributed by atoms with Gasteiger partial charge in [-0.1, -0.05) is 24.3 Å². The molecule has 2 aliphatic rings. The maximum Gasteiger partial charge on any atom is 0.228 e. The summed E-state index contributed by atoms with van der Waals surface area (Å²) in [4.78, 5) is 31.7. The van der Waals surface area contributed by atoms with E-state index in [2.05, 4.69) is 17.0 Å². The fraction of sp³-hybridized carbons (Fsp3) is 0.391. The molecule has 6 heteroatoms. The molecule has 2 amide bonds. The van der Waals surface area contributed by atoms with E-state index in [9.17, 15) is 9.59 Å². The van der Waals surface area contributed by atoms with Crippen LogP contribution in [0.5, 0.6) is 5.75 Å². The number of ether oxygens (including phenoxy) is 1. The molecule has 0 radical (unpaired) electrons. The van der Waals surface area contributed by atoms with Crippen LogP contribution in [0.4, 0.5) is 11.4 Å². The lowest BCUT2D eigenvalue weighted by molar-refractivity contribution is -0.136. The van der Waals surface area contributed by atoms with Crippen LogP contribution < -0.4 is 14.5 Å². The van der Waals surface area contributed by atoms with Crippen molar-refractivity contribution in [2.75, 3.05) is 49.6 Å². The third-order valence-electron chi connectivity index (χ3n) is 5.81. The monoisotopic (exact) mass is 393 g/mol. The van der Waals surface area contributed by atoms with Crippen LogP contribution in [0, 0.1) is 12.8 Å². The predicted octanol–water partition coefficient (Wildman–Crippen LogP) is 2.71. The summed E-state index contributed by atoms with van der Waals surface area (Å²) in [6.45, 7) is 5.39. The van der Waals surface area contributed by atoms with E-state index in [0.717, 1.165) is 24.3 Å². The number of hydrogen-bond donors (Lipinski definition) is 0. The quantitative estimate of drug-likeness (QED) is 0.802. The van der Waals surface area contributed by atoms with Crippen LogP contribution in [0.15, 0.2) is 48.5 Å². The predicted molar refractivity (Wildman–Crippen MR) is 113 cm³/mol. The van der Waals surface area contributed by atoms with Crippen LogP contribution in [0.3, 0.4) is 0 Å². The van der Waals surface area contributed by atoms with Crippen LogP contribution in [0.25, 0.3) is 0 Å². The number of anilines is 2. The van der Waals surface area contributed by atoms with Crippen LogP contribution in [0.1, 0.15) is 12.0 Å². The number of rotatable bonds is 4. The molecule has 0 bridgehead atoms. The van der Waals surface area contributed by atoms with E-state index in [4.69, 9.17) is 4.74 Å². The molecule has 2 aromatic rings. The molecular formula is C23H27N3O3. The van der Waals surface area contributed by atoms with Crippen LogP contribution in [-0.2, 0) is 9.59 Å². The first kappa shape index (κ1) is 19.3. The molecule has 4 rings (SSSR count). The standard InChI is InChI=1S/C23H27N3O3/c1-17-8-9-21(29-2)20(14-17)26-16-18(15-22(26)27)23(28)25-12-10-24(11-13-25)19-6-4-3-5-7-19/h3-9,14,18H,10-13,15-16H2,1-2H3. The summed E-state index contributed by atoms with van der Waals surface area (Å²) in [6.07, 6.45) is 0.259. The van der Waals surface area contributed by atoms with Crippen molar-refractivity contribution in [3.8, 4) is 5.75 Å². The van der Waals surface area contributed by atoms with Crippen LogP contribution >= 0.6 is 0 Å². The molecule has 2 heterocycles. The zero-order valence-corrected chi connectivity index (χ0v) is 17.0. The van der Waals surface area contributed by atoms with Gasteiger partial charge < -0.3 is 19.4 Å². The fourth-order valence-corrected chi connectivity index (χ4v) is 4.20. The molecular weight excluding hydrogens is 366 g/mol. The highest BCUT2D eigenvalue weighted by molar-refractivity contribution is 6.01. The normalized spacial score (nSPS) is 19.6. The summed E-state index contributed by atoms with van der Waals surface area (Å²) in [5.74, 6) is 0.430. The van der Waals surface area contributed by atoms with Crippen molar-refractivity contribution in [1.29, 1.82) is 0 Å². The van der Waals surface area contributed by atoms with Crippen molar-refractivity contribution in [2.24, 2.45) is 5.92 Å². The lowest BCUT2D eigenvalue weighted by atomic mass is 10.1. The first-order valence-electron chi connectivity index (χ1n) is 10.1. The zero-order valence-electron chi connectivity index (χ0n) is 17.0. The van der Waals surface area contributed by atoms with E-state index < -0.39 is 0 Å². The largest absolute Gasteiger partial charge is 0.495 e. The number of benzene rings is 2. The number of nitrogens with zero attached hydrogens (tertiary/aromatic N) is 3. The van der Waals surface area contributed by atoms with Gasteiger partial charge in [0, 0.05) is 44.8 Å². The lowest BCUT2D eigenvalue weighted by Gasteiger charge is -2.37. The smallest absolute Gasteiger partial charge is 0.228 e. The van der Waals surface area contributed by atoms with Gasteiger partial charge >= 0.3 is 0 Å². The first-order valence-corrected chi connectivity index (χ1v) is 10.1. The number of carbonyl (C=O) groups is 2. The molecule has 0 saturated carbocycles. The van der Waals surface area contributed by atoms with Gasteiger partial charge in [0.15, 0.2) is 0 Å². The van der Waals surface area contributed by atoms with E-state index in [1.54, 1.807) is 12.0 Å². The average Bonchev–Trinajstić information content (AvgIpc) is 3.15. The van der Waals surface area contributed by atoms with Crippen molar-refractivity contribution < 1.29 is 14.3 Å². The number of methoxy groups -OCH3 is 1. The maximum atomic E-state index is 13.1. The van der Waals surface area contributed by atoms with Gasteiger partial charge in [0.2, 0.25) is 11.8 Å². The molecule has 0 aromatic heterocycles. The molecule has 0 aliphatic carbocycles. The Balaban J connectivity index is 1.41. The van der Waals surface area contributed by atoms with Crippen molar-refractivity contribution >= 4 is 23.2 Å². The average molecular weight is 393 g/mol. The molecule has 2 fully saturated rings.